The highest BCUT2D eigenvalue weighted by Crippen LogP contribution is 2.47. The van der Waals surface area contributed by atoms with E-state index in [9.17, 15) is 9.59 Å². The Morgan fingerprint density at radius 2 is 1.90 bits per heavy atom. The number of rotatable bonds is 4. The molecule has 1 atom stereocenters. The summed E-state index contributed by atoms with van der Waals surface area (Å²) in [5.74, 6) is 1.29. The summed E-state index contributed by atoms with van der Waals surface area (Å²) in [5.41, 5.74) is 3.10. The molecule has 0 bridgehead atoms. The molecule has 1 aliphatic heterocycles. The molecular formula is C23H26ClN3O2S. The molecule has 0 fully saturated rings. The van der Waals surface area contributed by atoms with Crippen LogP contribution in [0.1, 0.15) is 57.6 Å². The molecular weight excluding hydrogens is 418 g/mol. The lowest BCUT2D eigenvalue weighted by Crippen LogP contribution is -2.38. The maximum atomic E-state index is 13.1. The van der Waals surface area contributed by atoms with Crippen LogP contribution in [0.3, 0.4) is 0 Å². The van der Waals surface area contributed by atoms with Crippen LogP contribution in [-0.2, 0) is 10.5 Å². The zero-order chi connectivity index (χ0) is 21.6. The molecule has 1 aromatic carbocycles. The van der Waals surface area contributed by atoms with Crippen molar-refractivity contribution in [2.24, 2.45) is 11.3 Å². The number of benzene rings is 1. The highest BCUT2D eigenvalue weighted by atomic mass is 35.5. The standard InChI is InChI=1S/C23H26ClN3O2S/c1-12(2)17-18-15(9-23(3,4)10-16(18)28)25-20-19(17)21(29)27-22(26-20)30-11-13-5-7-14(24)8-6-13/h5-8,12,17H,9-11H2,1-4H3,(H2,25,26,27,29). The van der Waals surface area contributed by atoms with Gasteiger partial charge in [-0.3, -0.25) is 9.59 Å². The number of hydrogen-bond acceptors (Lipinski definition) is 5. The predicted molar refractivity (Wildman–Crippen MR) is 122 cm³/mol. The molecule has 158 valence electrons. The van der Waals surface area contributed by atoms with E-state index in [0.29, 0.717) is 33.7 Å². The van der Waals surface area contributed by atoms with E-state index in [1.807, 2.05) is 24.3 Å². The van der Waals surface area contributed by atoms with Crippen LogP contribution in [-0.4, -0.2) is 15.8 Å². The summed E-state index contributed by atoms with van der Waals surface area (Å²) >= 11 is 7.42. The van der Waals surface area contributed by atoms with Crippen molar-refractivity contribution < 1.29 is 4.79 Å². The monoisotopic (exact) mass is 443 g/mol. The molecule has 0 saturated heterocycles. The molecule has 2 heterocycles. The van der Waals surface area contributed by atoms with Gasteiger partial charge in [0.2, 0.25) is 0 Å². The summed E-state index contributed by atoms with van der Waals surface area (Å²) in [7, 11) is 0. The number of fused-ring (bicyclic) bond motifs is 1. The maximum absolute atomic E-state index is 13.1. The van der Waals surface area contributed by atoms with E-state index in [1.54, 1.807) is 0 Å². The number of anilines is 1. The van der Waals surface area contributed by atoms with Crippen LogP contribution in [0.2, 0.25) is 5.02 Å². The minimum Gasteiger partial charge on any atom is -0.343 e. The van der Waals surface area contributed by atoms with Crippen LogP contribution in [0.5, 0.6) is 0 Å². The van der Waals surface area contributed by atoms with Crippen molar-refractivity contribution in [3.05, 3.63) is 62.0 Å². The second-order valence-corrected chi connectivity index (χ2v) is 10.6. The number of carbonyl (C=O) groups is 1. The molecule has 0 radical (unpaired) electrons. The Hall–Kier alpha value is -2.05. The zero-order valence-electron chi connectivity index (χ0n) is 17.6. The van der Waals surface area contributed by atoms with Gasteiger partial charge in [0.15, 0.2) is 10.9 Å². The van der Waals surface area contributed by atoms with Gasteiger partial charge in [0.25, 0.3) is 5.56 Å². The average molecular weight is 444 g/mol. The number of H-pyrrole nitrogens is 1. The van der Waals surface area contributed by atoms with Crippen molar-refractivity contribution in [3.8, 4) is 0 Å². The van der Waals surface area contributed by atoms with Crippen molar-refractivity contribution in [2.45, 2.75) is 57.4 Å². The predicted octanol–water partition coefficient (Wildman–Crippen LogP) is 5.52. The third kappa shape index (κ3) is 4.08. The van der Waals surface area contributed by atoms with Gasteiger partial charge in [0.1, 0.15) is 5.82 Å². The van der Waals surface area contributed by atoms with Crippen molar-refractivity contribution in [3.63, 3.8) is 0 Å². The Balaban J connectivity index is 1.69. The summed E-state index contributed by atoms with van der Waals surface area (Å²) in [5, 5.41) is 4.61. The molecule has 2 N–H and O–H groups in total. The van der Waals surface area contributed by atoms with E-state index >= 15 is 0 Å². The highest BCUT2D eigenvalue weighted by Gasteiger charge is 2.42. The number of aromatic amines is 1. The Bertz CT molecular complexity index is 1090. The topological polar surface area (TPSA) is 74.8 Å². The molecule has 1 aliphatic carbocycles. The highest BCUT2D eigenvalue weighted by molar-refractivity contribution is 7.98. The number of hydrogen-bond donors (Lipinski definition) is 2. The minimum atomic E-state index is -0.230. The normalized spacial score (nSPS) is 20.1. The van der Waals surface area contributed by atoms with Gasteiger partial charge in [0, 0.05) is 34.4 Å². The quantitative estimate of drug-likeness (QED) is 0.480. The third-order valence-corrected chi connectivity index (χ3v) is 6.90. The van der Waals surface area contributed by atoms with Gasteiger partial charge < -0.3 is 10.3 Å². The summed E-state index contributed by atoms with van der Waals surface area (Å²) < 4.78 is 0. The fourth-order valence-electron chi connectivity index (χ4n) is 4.41. The number of allylic oxidation sites excluding steroid dienone is 2. The SMILES string of the molecule is CC(C)C1C2=C(CC(C)(C)CC2=O)Nc2nc(SCc3ccc(Cl)cc3)[nH]c(=O)c21. The molecule has 0 spiro atoms. The van der Waals surface area contributed by atoms with E-state index < -0.39 is 0 Å². The molecule has 4 rings (SSSR count). The number of ketones is 1. The van der Waals surface area contributed by atoms with Crippen LogP contribution >= 0.6 is 23.4 Å². The average Bonchev–Trinajstić information content (AvgIpc) is 2.64. The van der Waals surface area contributed by atoms with Crippen LogP contribution in [0.15, 0.2) is 45.5 Å². The van der Waals surface area contributed by atoms with Crippen molar-refractivity contribution in [1.82, 2.24) is 9.97 Å². The minimum absolute atomic E-state index is 0.102. The van der Waals surface area contributed by atoms with E-state index in [4.69, 9.17) is 16.6 Å². The van der Waals surface area contributed by atoms with Gasteiger partial charge >= 0.3 is 0 Å². The molecule has 2 aliphatic rings. The number of carbonyl (C=O) groups excluding carboxylic acids is 1. The molecule has 7 heteroatoms. The first-order valence-corrected chi connectivity index (χ1v) is 11.6. The van der Waals surface area contributed by atoms with Gasteiger partial charge in [-0.15, -0.1) is 0 Å². The van der Waals surface area contributed by atoms with Crippen molar-refractivity contribution in [2.75, 3.05) is 5.32 Å². The number of nitrogens with zero attached hydrogens (tertiary/aromatic N) is 1. The first-order valence-electron chi connectivity index (χ1n) is 10.2. The lowest BCUT2D eigenvalue weighted by atomic mass is 9.68. The summed E-state index contributed by atoms with van der Waals surface area (Å²) in [6, 6.07) is 7.63. The molecule has 5 nitrogen and oxygen atoms in total. The molecule has 1 unspecified atom stereocenters. The summed E-state index contributed by atoms with van der Waals surface area (Å²) in [4.78, 5) is 33.7. The Morgan fingerprint density at radius 1 is 1.20 bits per heavy atom. The first-order chi connectivity index (χ1) is 14.1. The lowest BCUT2D eigenvalue weighted by molar-refractivity contribution is -0.118. The molecule has 0 saturated carbocycles. The number of halogens is 1. The number of aromatic nitrogens is 2. The summed E-state index contributed by atoms with van der Waals surface area (Å²) in [6.45, 7) is 8.32. The van der Waals surface area contributed by atoms with Gasteiger partial charge in [-0.05, 0) is 35.4 Å². The van der Waals surface area contributed by atoms with E-state index in [-0.39, 0.29) is 28.6 Å². The second kappa shape index (κ2) is 7.89. The Labute approximate surface area is 185 Å². The molecule has 1 aromatic heterocycles. The van der Waals surface area contributed by atoms with Gasteiger partial charge in [0.05, 0.1) is 5.56 Å². The van der Waals surface area contributed by atoms with Gasteiger partial charge in [-0.2, -0.15) is 0 Å². The molecule has 2 aromatic rings. The second-order valence-electron chi connectivity index (χ2n) is 9.23. The van der Waals surface area contributed by atoms with Gasteiger partial charge in [-0.25, -0.2) is 4.98 Å². The molecule has 30 heavy (non-hydrogen) atoms. The largest absolute Gasteiger partial charge is 0.343 e. The van der Waals surface area contributed by atoms with Crippen LogP contribution in [0, 0.1) is 11.3 Å². The fourth-order valence-corrected chi connectivity index (χ4v) is 5.35. The Kier molecular flexibility index (Phi) is 5.58. The number of thioether (sulfide) groups is 1. The van der Waals surface area contributed by atoms with E-state index in [1.165, 1.54) is 11.8 Å². The van der Waals surface area contributed by atoms with E-state index in [2.05, 4.69) is 38.0 Å². The van der Waals surface area contributed by atoms with Crippen LogP contribution in [0.4, 0.5) is 5.82 Å². The first kappa shape index (κ1) is 21.2. The maximum Gasteiger partial charge on any atom is 0.257 e. The molecule has 0 amide bonds. The Morgan fingerprint density at radius 3 is 2.57 bits per heavy atom. The number of Topliss-reactive ketones (excluding diaryl/α,β-unsaturated/α-hetero) is 1. The van der Waals surface area contributed by atoms with E-state index in [0.717, 1.165) is 23.3 Å². The lowest BCUT2D eigenvalue weighted by Gasteiger charge is -2.39. The van der Waals surface area contributed by atoms with Crippen LogP contribution < -0.4 is 10.9 Å². The van der Waals surface area contributed by atoms with Crippen molar-refractivity contribution >= 4 is 35.0 Å². The van der Waals surface area contributed by atoms with Crippen molar-refractivity contribution in [1.29, 1.82) is 0 Å². The smallest absolute Gasteiger partial charge is 0.257 e. The zero-order valence-corrected chi connectivity index (χ0v) is 19.2. The van der Waals surface area contributed by atoms with Gasteiger partial charge in [-0.1, -0.05) is 63.2 Å². The summed E-state index contributed by atoms with van der Waals surface area (Å²) in [6.07, 6.45) is 1.28. The van der Waals surface area contributed by atoms with Crippen LogP contribution in [0.25, 0.3) is 0 Å². The number of nitrogens with one attached hydrogen (secondary N) is 2. The third-order valence-electron chi connectivity index (χ3n) is 5.70. The fraction of sp³-hybridized carbons (Fsp3) is 0.435.